The molecule has 0 amide bonds. The molecule has 1 atom stereocenters. The molecule has 11 heteroatoms. The number of nitrogen functional groups attached to an aromatic ring is 1. The molecule has 1 aromatic carbocycles. The molecule has 0 aliphatic carbocycles. The van der Waals surface area contributed by atoms with Gasteiger partial charge in [-0.3, -0.25) is 0 Å². The van der Waals surface area contributed by atoms with Crippen LogP contribution in [0.5, 0.6) is 0 Å². The van der Waals surface area contributed by atoms with Crippen LogP contribution in [0.3, 0.4) is 0 Å². The zero-order valence-electron chi connectivity index (χ0n) is 16.6. The topological polar surface area (TPSA) is 89.2 Å². The largest absolute Gasteiger partial charge is 0.416 e. The summed E-state index contributed by atoms with van der Waals surface area (Å²) >= 11 is 6.07. The lowest BCUT2D eigenvalue weighted by Gasteiger charge is -2.28. The van der Waals surface area contributed by atoms with Crippen molar-refractivity contribution in [3.8, 4) is 0 Å². The van der Waals surface area contributed by atoms with E-state index in [-0.39, 0.29) is 11.0 Å². The molecular weight excluding hydrogens is 433 g/mol. The third kappa shape index (κ3) is 4.75. The first kappa shape index (κ1) is 21.4. The van der Waals surface area contributed by atoms with Crippen LogP contribution in [0.2, 0.25) is 5.28 Å². The first-order valence-electron chi connectivity index (χ1n) is 9.61. The summed E-state index contributed by atoms with van der Waals surface area (Å²) in [6.45, 7) is 4.35. The molecule has 1 fully saturated rings. The quantitative estimate of drug-likeness (QED) is 0.451. The summed E-state index contributed by atoms with van der Waals surface area (Å²) in [6, 6.07) is 4.79. The minimum absolute atomic E-state index is 0.00618. The molecule has 164 valence electrons. The average Bonchev–Trinajstić information content (AvgIpc) is 2.73. The van der Waals surface area contributed by atoms with Gasteiger partial charge in [-0.1, -0.05) is 0 Å². The van der Waals surface area contributed by atoms with Gasteiger partial charge in [0.2, 0.25) is 5.28 Å². The molecule has 4 rings (SSSR count). The van der Waals surface area contributed by atoms with E-state index in [0.29, 0.717) is 48.6 Å². The third-order valence-corrected chi connectivity index (χ3v) is 5.20. The predicted molar refractivity (Wildman–Crippen MR) is 113 cm³/mol. The molecule has 1 aliphatic rings. The number of morpholine rings is 1. The number of fused-ring (bicyclic) bond motifs is 1. The number of pyridine rings is 1. The van der Waals surface area contributed by atoms with Crippen LogP contribution < -0.4 is 16.0 Å². The fourth-order valence-corrected chi connectivity index (χ4v) is 3.62. The Balaban J connectivity index is 1.69. The zero-order chi connectivity index (χ0) is 22.2. The molecule has 1 aliphatic heterocycles. The Morgan fingerprint density at radius 2 is 1.90 bits per heavy atom. The van der Waals surface area contributed by atoms with E-state index in [0.717, 1.165) is 18.0 Å². The molecule has 2 aromatic heterocycles. The molecule has 7 nitrogen and oxygen atoms in total. The van der Waals surface area contributed by atoms with Crippen molar-refractivity contribution in [3.63, 3.8) is 0 Å². The molecule has 0 saturated carbocycles. The summed E-state index contributed by atoms with van der Waals surface area (Å²) in [4.78, 5) is 15.0. The molecule has 0 bridgehead atoms. The second kappa shape index (κ2) is 8.35. The molecule has 0 spiro atoms. The van der Waals surface area contributed by atoms with Crippen molar-refractivity contribution < 1.29 is 17.9 Å². The van der Waals surface area contributed by atoms with Crippen LogP contribution in [0.4, 0.5) is 30.5 Å². The Hall–Kier alpha value is -2.85. The molecule has 31 heavy (non-hydrogen) atoms. The molecule has 1 saturated heterocycles. The second-order valence-electron chi connectivity index (χ2n) is 7.25. The highest BCUT2D eigenvalue weighted by Crippen LogP contribution is 2.34. The maximum atomic E-state index is 13.2. The van der Waals surface area contributed by atoms with Gasteiger partial charge < -0.3 is 20.7 Å². The van der Waals surface area contributed by atoms with E-state index in [4.69, 9.17) is 22.1 Å². The number of benzene rings is 1. The van der Waals surface area contributed by atoms with Gasteiger partial charge in [0.05, 0.1) is 36.5 Å². The van der Waals surface area contributed by atoms with Crippen LogP contribution in [0.1, 0.15) is 24.1 Å². The van der Waals surface area contributed by atoms with Crippen LogP contribution in [-0.2, 0) is 10.9 Å². The highest BCUT2D eigenvalue weighted by molar-refractivity contribution is 6.28. The first-order valence-corrected chi connectivity index (χ1v) is 9.98. The van der Waals surface area contributed by atoms with Crippen molar-refractivity contribution >= 4 is 39.8 Å². The first-order chi connectivity index (χ1) is 14.7. The Bertz CT molecular complexity index is 1100. The Morgan fingerprint density at radius 1 is 1.16 bits per heavy atom. The van der Waals surface area contributed by atoms with Crippen LogP contribution in [0.15, 0.2) is 30.5 Å². The van der Waals surface area contributed by atoms with Crippen molar-refractivity contribution in [2.45, 2.75) is 19.1 Å². The number of hydrogen-bond acceptors (Lipinski definition) is 7. The van der Waals surface area contributed by atoms with Gasteiger partial charge in [-0.2, -0.15) is 13.2 Å². The number of rotatable bonds is 4. The van der Waals surface area contributed by atoms with Crippen LogP contribution >= 0.6 is 11.6 Å². The van der Waals surface area contributed by atoms with Crippen LogP contribution in [0, 0.1) is 0 Å². The normalized spacial score (nSPS) is 15.8. The highest BCUT2D eigenvalue weighted by atomic mass is 35.5. The van der Waals surface area contributed by atoms with E-state index in [1.165, 1.54) is 6.07 Å². The van der Waals surface area contributed by atoms with Gasteiger partial charge >= 0.3 is 6.18 Å². The number of aromatic nitrogens is 3. The number of alkyl halides is 3. The lowest BCUT2D eigenvalue weighted by Crippen LogP contribution is -2.36. The average molecular weight is 453 g/mol. The predicted octanol–water partition coefficient (Wildman–Crippen LogP) is 4.29. The zero-order valence-corrected chi connectivity index (χ0v) is 17.3. The maximum Gasteiger partial charge on any atom is 0.416 e. The fraction of sp³-hybridized carbons (Fsp3) is 0.350. The second-order valence-corrected chi connectivity index (χ2v) is 7.59. The number of anilines is 3. The highest BCUT2D eigenvalue weighted by Gasteiger charge is 2.31. The third-order valence-electron chi connectivity index (χ3n) is 5.03. The van der Waals surface area contributed by atoms with E-state index in [2.05, 4.69) is 25.2 Å². The summed E-state index contributed by atoms with van der Waals surface area (Å²) in [5.74, 6) is 1.14. The van der Waals surface area contributed by atoms with Crippen molar-refractivity contribution in [2.75, 3.05) is 42.3 Å². The minimum Gasteiger partial charge on any atom is -0.399 e. The summed E-state index contributed by atoms with van der Waals surface area (Å²) < 4.78 is 44.9. The van der Waals surface area contributed by atoms with Gasteiger partial charge in [-0.15, -0.1) is 0 Å². The van der Waals surface area contributed by atoms with Crippen LogP contribution in [-0.4, -0.2) is 41.3 Å². The lowest BCUT2D eigenvalue weighted by atomic mass is 10.0. The van der Waals surface area contributed by atoms with E-state index >= 15 is 0 Å². The van der Waals surface area contributed by atoms with E-state index in [1.54, 1.807) is 13.1 Å². The number of nitrogens with one attached hydrogen (secondary N) is 1. The van der Waals surface area contributed by atoms with Crippen molar-refractivity contribution in [1.82, 2.24) is 15.0 Å². The summed E-state index contributed by atoms with van der Waals surface area (Å²) in [5.41, 5.74) is 5.83. The molecule has 1 unspecified atom stereocenters. The number of nitrogens with two attached hydrogens (primary N) is 1. The smallest absolute Gasteiger partial charge is 0.399 e. The van der Waals surface area contributed by atoms with E-state index in [9.17, 15) is 13.2 Å². The Kier molecular flexibility index (Phi) is 5.76. The van der Waals surface area contributed by atoms with Gasteiger partial charge in [0.25, 0.3) is 0 Å². The van der Waals surface area contributed by atoms with Gasteiger partial charge in [-0.05, 0) is 48.4 Å². The fourth-order valence-electron chi connectivity index (χ4n) is 3.45. The molecule has 3 aromatic rings. The molecule has 0 radical (unpaired) electrons. The molecular formula is C20H20ClF3N6O. The Labute approximate surface area is 181 Å². The van der Waals surface area contributed by atoms with E-state index in [1.807, 2.05) is 6.07 Å². The standard InChI is InChI=1S/C20H20ClF3N6O/c1-11(12-6-13(20(22,23)24)8-14(25)7-12)27-18-15-9-17(30-2-4-31-5-3-30)26-10-16(15)28-19(21)29-18/h6-11H,2-5,25H2,1H3,(H,27,28,29). The van der Waals surface area contributed by atoms with Crippen molar-refractivity contribution in [2.24, 2.45) is 0 Å². The minimum atomic E-state index is -4.49. The lowest BCUT2D eigenvalue weighted by molar-refractivity contribution is -0.137. The number of nitrogens with zero attached hydrogens (tertiary/aromatic N) is 4. The molecule has 3 N–H and O–H groups in total. The number of halogens is 4. The van der Waals surface area contributed by atoms with Crippen molar-refractivity contribution in [3.05, 3.63) is 46.9 Å². The van der Waals surface area contributed by atoms with Crippen LogP contribution in [0.25, 0.3) is 10.9 Å². The van der Waals surface area contributed by atoms with E-state index < -0.39 is 17.8 Å². The van der Waals surface area contributed by atoms with Crippen molar-refractivity contribution in [1.29, 1.82) is 0 Å². The number of hydrogen-bond donors (Lipinski definition) is 2. The molecule has 3 heterocycles. The van der Waals surface area contributed by atoms with Gasteiger partial charge in [-0.25, -0.2) is 15.0 Å². The van der Waals surface area contributed by atoms with Gasteiger partial charge in [0.15, 0.2) is 0 Å². The monoisotopic (exact) mass is 452 g/mol. The van der Waals surface area contributed by atoms with Gasteiger partial charge in [0.1, 0.15) is 11.6 Å². The summed E-state index contributed by atoms with van der Waals surface area (Å²) in [6.07, 6.45) is -2.89. The van der Waals surface area contributed by atoms with Gasteiger partial charge in [0, 0.05) is 24.2 Å². The summed E-state index contributed by atoms with van der Waals surface area (Å²) in [7, 11) is 0. The maximum absolute atomic E-state index is 13.2. The Morgan fingerprint density at radius 3 is 2.61 bits per heavy atom. The SMILES string of the molecule is CC(Nc1nc(Cl)nc2cnc(N3CCOCC3)cc12)c1cc(N)cc(C(F)(F)F)c1. The number of ether oxygens (including phenoxy) is 1. The summed E-state index contributed by atoms with van der Waals surface area (Å²) in [5, 5.41) is 3.81.